The van der Waals surface area contributed by atoms with E-state index in [4.69, 9.17) is 19.3 Å². The summed E-state index contributed by atoms with van der Waals surface area (Å²) in [6, 6.07) is 20.5. The molecule has 1 fully saturated rings. The Hall–Kier alpha value is -4.08. The van der Waals surface area contributed by atoms with Crippen molar-refractivity contribution >= 4 is 51.5 Å². The third-order valence-electron chi connectivity index (χ3n) is 5.69. The van der Waals surface area contributed by atoms with Crippen LogP contribution >= 0.6 is 11.8 Å². The number of benzene rings is 2. The van der Waals surface area contributed by atoms with Crippen molar-refractivity contribution < 1.29 is 23.8 Å². The molecule has 0 unspecified atom stereocenters. The molecule has 182 valence electrons. The van der Waals surface area contributed by atoms with Crippen molar-refractivity contribution in [2.24, 2.45) is 4.99 Å². The zero-order valence-electron chi connectivity index (χ0n) is 19.5. The highest BCUT2D eigenvalue weighted by Gasteiger charge is 2.33. The Morgan fingerprint density at radius 3 is 2.64 bits per heavy atom. The summed E-state index contributed by atoms with van der Waals surface area (Å²) in [5.74, 6) is -0.799. The fraction of sp³-hybridized carbons (Fsp3) is 0.148. The van der Waals surface area contributed by atoms with E-state index in [1.165, 1.54) is 17.8 Å². The van der Waals surface area contributed by atoms with Crippen LogP contribution in [0.25, 0.3) is 17.0 Å². The molecule has 1 amide bonds. The lowest BCUT2D eigenvalue weighted by Gasteiger charge is -2.14. The second-order valence-corrected chi connectivity index (χ2v) is 9.10. The highest BCUT2D eigenvalue weighted by atomic mass is 32.2. The van der Waals surface area contributed by atoms with Crippen LogP contribution in [-0.4, -0.2) is 51.9 Å². The Morgan fingerprint density at radius 2 is 1.89 bits per heavy atom. The number of carbonyl (C=O) groups excluding carboxylic acids is 1. The number of aromatic carboxylic acids is 1. The third kappa shape index (κ3) is 4.84. The third-order valence-corrected chi connectivity index (χ3v) is 6.70. The van der Waals surface area contributed by atoms with Crippen molar-refractivity contribution in [1.82, 2.24) is 9.47 Å². The number of ether oxygens (including phenoxy) is 1. The van der Waals surface area contributed by atoms with Gasteiger partial charge in [0.15, 0.2) is 5.17 Å². The van der Waals surface area contributed by atoms with Gasteiger partial charge in [-0.05, 0) is 48.2 Å². The first-order chi connectivity index (χ1) is 17.5. The van der Waals surface area contributed by atoms with E-state index in [1.54, 1.807) is 18.1 Å². The van der Waals surface area contributed by atoms with Crippen LogP contribution in [0.2, 0.25) is 0 Å². The van der Waals surface area contributed by atoms with Crippen molar-refractivity contribution in [1.29, 1.82) is 0 Å². The smallest absolute Gasteiger partial charge is 0.371 e. The molecule has 0 aliphatic carbocycles. The number of fused-ring (bicyclic) bond motifs is 1. The van der Waals surface area contributed by atoms with Gasteiger partial charge in [0, 0.05) is 29.8 Å². The molecule has 0 radical (unpaired) electrons. The first kappa shape index (κ1) is 23.7. The molecule has 0 atom stereocenters. The number of carboxylic acid groups (broad SMARTS) is 1. The van der Waals surface area contributed by atoms with Gasteiger partial charge in [-0.2, -0.15) is 0 Å². The Kier molecular flexibility index (Phi) is 6.75. The van der Waals surface area contributed by atoms with Crippen LogP contribution in [0.3, 0.4) is 0 Å². The number of amidine groups is 1. The summed E-state index contributed by atoms with van der Waals surface area (Å²) < 4.78 is 12.6. The molecular formula is C27H23N3O5S. The lowest BCUT2D eigenvalue weighted by Crippen LogP contribution is -2.32. The van der Waals surface area contributed by atoms with E-state index in [1.807, 2.05) is 71.4 Å². The van der Waals surface area contributed by atoms with E-state index in [-0.39, 0.29) is 11.7 Å². The van der Waals surface area contributed by atoms with Crippen molar-refractivity contribution in [3.05, 3.63) is 94.9 Å². The van der Waals surface area contributed by atoms with Gasteiger partial charge in [-0.15, -0.1) is 0 Å². The van der Waals surface area contributed by atoms with Gasteiger partial charge in [-0.1, -0.05) is 36.4 Å². The molecule has 5 rings (SSSR count). The number of carbonyl (C=O) groups is 2. The summed E-state index contributed by atoms with van der Waals surface area (Å²) in [6.07, 6.45) is 3.82. The number of rotatable bonds is 8. The Bertz CT molecular complexity index is 1490. The van der Waals surface area contributed by atoms with E-state index >= 15 is 0 Å². The van der Waals surface area contributed by atoms with Crippen molar-refractivity contribution in [3.8, 4) is 0 Å². The summed E-state index contributed by atoms with van der Waals surface area (Å²) >= 11 is 1.33. The van der Waals surface area contributed by atoms with Crippen molar-refractivity contribution in [2.45, 2.75) is 6.54 Å². The van der Waals surface area contributed by atoms with Crippen molar-refractivity contribution in [2.75, 3.05) is 20.3 Å². The second kappa shape index (κ2) is 10.3. The van der Waals surface area contributed by atoms with Gasteiger partial charge in [-0.25, -0.2) is 9.79 Å². The number of nitrogens with zero attached hydrogens (tertiary/aromatic N) is 3. The molecule has 9 heteroatoms. The van der Waals surface area contributed by atoms with Crippen LogP contribution in [0, 0.1) is 0 Å². The van der Waals surface area contributed by atoms with Gasteiger partial charge < -0.3 is 18.8 Å². The zero-order chi connectivity index (χ0) is 25.1. The van der Waals surface area contributed by atoms with Crippen molar-refractivity contribution in [3.63, 3.8) is 0 Å². The molecule has 2 aromatic carbocycles. The number of hydrogen-bond acceptors (Lipinski definition) is 6. The van der Waals surface area contributed by atoms with E-state index in [0.717, 1.165) is 22.2 Å². The fourth-order valence-electron chi connectivity index (χ4n) is 3.99. The maximum Gasteiger partial charge on any atom is 0.371 e. The van der Waals surface area contributed by atoms with Crippen LogP contribution in [0.1, 0.15) is 21.9 Å². The summed E-state index contributed by atoms with van der Waals surface area (Å²) in [5, 5.41) is 10.7. The molecule has 36 heavy (non-hydrogen) atoms. The SMILES string of the molecule is COCCN1C(=O)/C(=C/c2cn(Cc3ccc(C(=O)O)o3)c3ccccc23)SC1=Nc1ccccc1. The lowest BCUT2D eigenvalue weighted by molar-refractivity contribution is -0.122. The van der Waals surface area contributed by atoms with Crippen LogP contribution in [0.15, 0.2) is 87.2 Å². The Balaban J connectivity index is 1.50. The maximum atomic E-state index is 13.3. The normalized spacial score (nSPS) is 16.0. The zero-order valence-corrected chi connectivity index (χ0v) is 20.3. The van der Waals surface area contributed by atoms with Crippen LogP contribution in [0.5, 0.6) is 0 Å². The second-order valence-electron chi connectivity index (χ2n) is 8.09. The Labute approximate surface area is 211 Å². The molecule has 0 bridgehead atoms. The minimum atomic E-state index is -1.10. The van der Waals surface area contributed by atoms with Gasteiger partial charge >= 0.3 is 5.97 Å². The molecule has 3 heterocycles. The molecule has 8 nitrogen and oxygen atoms in total. The predicted molar refractivity (Wildman–Crippen MR) is 139 cm³/mol. The monoisotopic (exact) mass is 501 g/mol. The molecule has 2 aromatic heterocycles. The number of aromatic nitrogens is 1. The summed E-state index contributed by atoms with van der Waals surface area (Å²) in [5.41, 5.74) is 2.59. The van der Waals surface area contributed by atoms with E-state index < -0.39 is 5.97 Å². The standard InChI is InChI=1S/C27H23N3O5S/c1-34-14-13-30-25(31)24(36-27(30)28-19-7-3-2-4-8-19)15-18-16-29(22-10-6-5-9-21(18)22)17-20-11-12-23(35-20)26(32)33/h2-12,15-16H,13-14,17H2,1H3,(H,32,33)/b24-15-,28-27?. The molecule has 1 N–H and O–H groups in total. The number of thioether (sulfide) groups is 1. The van der Waals surface area contributed by atoms with Gasteiger partial charge in [0.05, 0.1) is 30.3 Å². The van der Waals surface area contributed by atoms with Gasteiger partial charge in [0.2, 0.25) is 5.76 Å². The van der Waals surface area contributed by atoms with Crippen LogP contribution < -0.4 is 0 Å². The lowest BCUT2D eigenvalue weighted by atomic mass is 10.1. The number of hydrogen-bond donors (Lipinski definition) is 1. The molecule has 1 aliphatic rings. The summed E-state index contributed by atoms with van der Waals surface area (Å²) in [4.78, 5) is 31.4. The molecule has 0 saturated carbocycles. The number of para-hydroxylation sites is 2. The summed E-state index contributed by atoms with van der Waals surface area (Å²) in [6.45, 7) is 1.16. The first-order valence-electron chi connectivity index (χ1n) is 11.3. The predicted octanol–water partition coefficient (Wildman–Crippen LogP) is 5.23. The maximum absolute atomic E-state index is 13.3. The van der Waals surface area contributed by atoms with Gasteiger partial charge in [0.1, 0.15) is 5.76 Å². The first-order valence-corrected chi connectivity index (χ1v) is 12.1. The van der Waals surface area contributed by atoms with Crippen LogP contribution in [-0.2, 0) is 16.1 Å². The Morgan fingerprint density at radius 1 is 1.11 bits per heavy atom. The largest absolute Gasteiger partial charge is 0.475 e. The average Bonchev–Trinajstić information content (AvgIpc) is 3.57. The van der Waals surface area contributed by atoms with E-state index in [0.29, 0.717) is 35.5 Å². The average molecular weight is 502 g/mol. The van der Waals surface area contributed by atoms with E-state index in [9.17, 15) is 9.59 Å². The molecular weight excluding hydrogens is 478 g/mol. The molecule has 0 spiro atoms. The quantitative estimate of drug-likeness (QED) is 0.332. The molecule has 1 saturated heterocycles. The number of amides is 1. The summed E-state index contributed by atoms with van der Waals surface area (Å²) in [7, 11) is 1.60. The minimum Gasteiger partial charge on any atom is -0.475 e. The van der Waals surface area contributed by atoms with E-state index in [2.05, 4.69) is 0 Å². The van der Waals surface area contributed by atoms with Gasteiger partial charge in [0.25, 0.3) is 5.91 Å². The fourth-order valence-corrected chi connectivity index (χ4v) is 5.01. The van der Waals surface area contributed by atoms with Gasteiger partial charge in [-0.3, -0.25) is 9.69 Å². The molecule has 4 aromatic rings. The number of carboxylic acids is 1. The minimum absolute atomic E-state index is 0.0989. The number of furan rings is 1. The van der Waals surface area contributed by atoms with Crippen LogP contribution in [0.4, 0.5) is 5.69 Å². The topological polar surface area (TPSA) is 97.3 Å². The molecule has 1 aliphatic heterocycles. The number of methoxy groups -OCH3 is 1. The number of aliphatic imine (C=N–C) groups is 1. The highest BCUT2D eigenvalue weighted by Crippen LogP contribution is 2.35. The highest BCUT2D eigenvalue weighted by molar-refractivity contribution is 8.18.